The van der Waals surface area contributed by atoms with Crippen LogP contribution in [-0.2, 0) is 0 Å². The van der Waals surface area contributed by atoms with Crippen molar-refractivity contribution in [3.05, 3.63) is 32.8 Å². The third-order valence-corrected chi connectivity index (χ3v) is 5.52. The highest BCUT2D eigenvalue weighted by molar-refractivity contribution is 6.43. The Morgan fingerprint density at radius 1 is 1.10 bits per heavy atom. The Hall–Kier alpha value is 0.01000. The highest BCUT2D eigenvalue weighted by Crippen LogP contribution is 2.45. The molecule has 1 aromatic carbocycles. The molecule has 1 aromatic rings. The molecule has 2 fully saturated rings. The predicted octanol–water partition coefficient (Wildman–Crippen LogP) is 4.39. The molecule has 2 nitrogen and oxygen atoms in total. The van der Waals surface area contributed by atoms with Crippen LogP contribution >= 0.6 is 34.8 Å². The van der Waals surface area contributed by atoms with Gasteiger partial charge in [0, 0.05) is 37.2 Å². The summed E-state index contributed by atoms with van der Waals surface area (Å²) in [6, 6.07) is 4.08. The van der Waals surface area contributed by atoms with Crippen LogP contribution in [0.2, 0.25) is 15.1 Å². The van der Waals surface area contributed by atoms with Gasteiger partial charge in [-0.2, -0.15) is 0 Å². The van der Waals surface area contributed by atoms with Crippen molar-refractivity contribution in [2.75, 3.05) is 26.2 Å². The highest BCUT2D eigenvalue weighted by atomic mass is 35.5. The van der Waals surface area contributed by atoms with Gasteiger partial charge in [0.25, 0.3) is 0 Å². The fourth-order valence-electron chi connectivity index (χ4n) is 3.26. The maximum Gasteiger partial charge on any atom is 0.0641 e. The topological polar surface area (TPSA) is 15.3 Å². The fourth-order valence-corrected chi connectivity index (χ4v) is 3.99. The molecule has 1 saturated heterocycles. The summed E-state index contributed by atoms with van der Waals surface area (Å²) in [6.45, 7) is 4.19. The van der Waals surface area contributed by atoms with E-state index >= 15 is 0 Å². The Balaban J connectivity index is 1.96. The van der Waals surface area contributed by atoms with Gasteiger partial charge in [0.15, 0.2) is 0 Å². The lowest BCUT2D eigenvalue weighted by atomic mass is 9.76. The van der Waals surface area contributed by atoms with Crippen molar-refractivity contribution in [2.24, 2.45) is 5.92 Å². The van der Waals surface area contributed by atoms with Crippen molar-refractivity contribution in [1.82, 2.24) is 10.2 Å². The number of rotatable bonds is 3. The third kappa shape index (κ3) is 2.95. The zero-order chi connectivity index (χ0) is 14.1. The lowest BCUT2D eigenvalue weighted by molar-refractivity contribution is 0.0838. The Bertz CT molecular complexity index is 482. The van der Waals surface area contributed by atoms with E-state index in [1.807, 2.05) is 6.07 Å². The van der Waals surface area contributed by atoms with Gasteiger partial charge in [0.2, 0.25) is 0 Å². The van der Waals surface area contributed by atoms with E-state index in [1.165, 1.54) is 19.3 Å². The van der Waals surface area contributed by atoms with Crippen LogP contribution in [0, 0.1) is 5.92 Å². The van der Waals surface area contributed by atoms with E-state index in [4.69, 9.17) is 34.8 Å². The molecule has 1 saturated carbocycles. The molecule has 1 aliphatic carbocycles. The van der Waals surface area contributed by atoms with Crippen molar-refractivity contribution >= 4 is 34.8 Å². The molecule has 0 radical (unpaired) electrons. The van der Waals surface area contributed by atoms with Gasteiger partial charge in [-0.05, 0) is 36.5 Å². The smallest absolute Gasteiger partial charge is 0.0641 e. The SMILES string of the molecule is Clc1cc(Cl)c(Cl)c([C@@H](C2CCC2)N2CCNCC2)c1. The molecule has 3 rings (SSSR count). The average Bonchev–Trinajstić information content (AvgIpc) is 2.39. The molecule has 0 aromatic heterocycles. The standard InChI is InChI=1S/C15H19Cl3N2/c16-11-8-12(14(18)13(17)9-11)15(10-2-1-3-10)20-6-4-19-5-7-20/h8-10,15,19H,1-7H2/t15-/m1/s1. The monoisotopic (exact) mass is 332 g/mol. The molecule has 1 aliphatic heterocycles. The van der Waals surface area contributed by atoms with Gasteiger partial charge < -0.3 is 5.32 Å². The molecular weight excluding hydrogens is 315 g/mol. The number of hydrogen-bond donors (Lipinski definition) is 1. The van der Waals surface area contributed by atoms with Crippen molar-refractivity contribution < 1.29 is 0 Å². The van der Waals surface area contributed by atoms with Crippen LogP contribution in [0.15, 0.2) is 12.1 Å². The first-order chi connectivity index (χ1) is 9.66. The van der Waals surface area contributed by atoms with E-state index in [-0.39, 0.29) is 0 Å². The molecule has 1 heterocycles. The van der Waals surface area contributed by atoms with E-state index in [9.17, 15) is 0 Å². The maximum absolute atomic E-state index is 6.47. The quantitative estimate of drug-likeness (QED) is 0.825. The number of nitrogens with one attached hydrogen (secondary N) is 1. The average molecular weight is 334 g/mol. The van der Waals surface area contributed by atoms with E-state index in [1.54, 1.807) is 6.07 Å². The van der Waals surface area contributed by atoms with E-state index < -0.39 is 0 Å². The third-order valence-electron chi connectivity index (χ3n) is 4.48. The van der Waals surface area contributed by atoms with Gasteiger partial charge in [-0.25, -0.2) is 0 Å². The molecule has 5 heteroatoms. The summed E-state index contributed by atoms with van der Waals surface area (Å²) in [5, 5.41) is 5.32. The molecule has 110 valence electrons. The normalized spacial score (nSPS) is 22.6. The molecule has 0 bridgehead atoms. The summed E-state index contributed by atoms with van der Waals surface area (Å²) >= 11 is 18.9. The second-order valence-electron chi connectivity index (χ2n) is 5.71. The Labute approximate surface area is 135 Å². The predicted molar refractivity (Wildman–Crippen MR) is 86.0 cm³/mol. The number of hydrogen-bond acceptors (Lipinski definition) is 2. The van der Waals surface area contributed by atoms with Gasteiger partial charge in [-0.15, -0.1) is 0 Å². The first-order valence-corrected chi connectivity index (χ1v) is 8.39. The van der Waals surface area contributed by atoms with Crippen LogP contribution in [0.25, 0.3) is 0 Å². The zero-order valence-electron chi connectivity index (χ0n) is 11.3. The Morgan fingerprint density at radius 2 is 1.80 bits per heavy atom. The van der Waals surface area contributed by atoms with Crippen molar-refractivity contribution in [3.63, 3.8) is 0 Å². The Kier molecular flexibility index (Phi) is 4.79. The molecule has 0 amide bonds. The summed E-state index contributed by atoms with van der Waals surface area (Å²) < 4.78 is 0. The van der Waals surface area contributed by atoms with Gasteiger partial charge in [0.1, 0.15) is 0 Å². The van der Waals surface area contributed by atoms with Gasteiger partial charge in [-0.3, -0.25) is 4.90 Å². The lowest BCUT2D eigenvalue weighted by Crippen LogP contribution is -2.47. The van der Waals surface area contributed by atoms with E-state index in [0.29, 0.717) is 27.0 Å². The largest absolute Gasteiger partial charge is 0.314 e. The minimum Gasteiger partial charge on any atom is -0.314 e. The summed E-state index contributed by atoms with van der Waals surface area (Å²) in [6.07, 6.45) is 3.86. The molecule has 0 spiro atoms. The van der Waals surface area contributed by atoms with Gasteiger partial charge in [0.05, 0.1) is 10.0 Å². The maximum atomic E-state index is 6.47. The first kappa shape index (κ1) is 14.9. The minimum absolute atomic E-state index is 0.356. The van der Waals surface area contributed by atoms with Crippen molar-refractivity contribution in [1.29, 1.82) is 0 Å². The van der Waals surface area contributed by atoms with Gasteiger partial charge in [-0.1, -0.05) is 41.2 Å². The van der Waals surface area contributed by atoms with Crippen molar-refractivity contribution in [3.8, 4) is 0 Å². The molecule has 20 heavy (non-hydrogen) atoms. The zero-order valence-corrected chi connectivity index (χ0v) is 13.6. The molecular formula is C15H19Cl3N2. The minimum atomic E-state index is 0.356. The second kappa shape index (κ2) is 6.41. The van der Waals surface area contributed by atoms with E-state index in [2.05, 4.69) is 10.2 Å². The van der Waals surface area contributed by atoms with Gasteiger partial charge >= 0.3 is 0 Å². The fraction of sp³-hybridized carbons (Fsp3) is 0.600. The molecule has 0 unspecified atom stereocenters. The number of nitrogens with zero attached hydrogens (tertiary/aromatic N) is 1. The van der Waals surface area contributed by atoms with Crippen LogP contribution in [-0.4, -0.2) is 31.1 Å². The van der Waals surface area contributed by atoms with Crippen LogP contribution < -0.4 is 5.32 Å². The summed E-state index contributed by atoms with van der Waals surface area (Å²) in [7, 11) is 0. The molecule has 2 aliphatic rings. The number of benzene rings is 1. The molecule has 1 N–H and O–H groups in total. The highest BCUT2D eigenvalue weighted by Gasteiger charge is 2.35. The van der Waals surface area contributed by atoms with Crippen LogP contribution in [0.4, 0.5) is 0 Å². The van der Waals surface area contributed by atoms with Crippen LogP contribution in [0.1, 0.15) is 30.9 Å². The van der Waals surface area contributed by atoms with Crippen molar-refractivity contribution in [2.45, 2.75) is 25.3 Å². The second-order valence-corrected chi connectivity index (χ2v) is 6.93. The summed E-state index contributed by atoms with van der Waals surface area (Å²) in [4.78, 5) is 2.54. The summed E-state index contributed by atoms with van der Waals surface area (Å²) in [5.41, 5.74) is 1.11. The Morgan fingerprint density at radius 3 is 2.40 bits per heavy atom. The van der Waals surface area contributed by atoms with Crippen LogP contribution in [0.3, 0.4) is 0 Å². The molecule has 1 atom stereocenters. The van der Waals surface area contributed by atoms with E-state index in [0.717, 1.165) is 31.7 Å². The summed E-state index contributed by atoms with van der Waals surface area (Å²) in [5.74, 6) is 0.681. The number of piperazine rings is 1. The number of halogens is 3. The van der Waals surface area contributed by atoms with Crippen LogP contribution in [0.5, 0.6) is 0 Å². The lowest BCUT2D eigenvalue weighted by Gasteiger charge is -2.43. The first-order valence-electron chi connectivity index (χ1n) is 7.26.